The van der Waals surface area contributed by atoms with Crippen LogP contribution in [0.3, 0.4) is 0 Å². The zero-order chi connectivity index (χ0) is 24.0. The Labute approximate surface area is 202 Å². The summed E-state index contributed by atoms with van der Waals surface area (Å²) in [6, 6.07) is 26.7. The molecule has 0 atom stereocenters. The second-order valence-electron chi connectivity index (χ2n) is 8.71. The van der Waals surface area contributed by atoms with Gasteiger partial charge in [0, 0.05) is 11.1 Å². The highest BCUT2D eigenvalue weighted by atomic mass is 32.2. The third-order valence-electron chi connectivity index (χ3n) is 5.85. The molecule has 0 amide bonds. The molecule has 3 aromatic carbocycles. The van der Waals surface area contributed by atoms with Crippen molar-refractivity contribution in [1.29, 1.82) is 0 Å². The Balaban J connectivity index is 1.34. The van der Waals surface area contributed by atoms with Gasteiger partial charge in [0.1, 0.15) is 5.75 Å². The van der Waals surface area contributed by atoms with Gasteiger partial charge in [0.05, 0.1) is 17.0 Å². The summed E-state index contributed by atoms with van der Waals surface area (Å²) in [5, 5.41) is 4.35. The van der Waals surface area contributed by atoms with Crippen molar-refractivity contribution in [3.8, 4) is 5.75 Å². The van der Waals surface area contributed by atoms with Crippen LogP contribution in [0.15, 0.2) is 89.8 Å². The molecule has 34 heavy (non-hydrogen) atoms. The number of hydrogen-bond acceptors (Lipinski definition) is 4. The van der Waals surface area contributed by atoms with E-state index >= 15 is 0 Å². The van der Waals surface area contributed by atoms with E-state index in [9.17, 15) is 8.42 Å². The predicted molar refractivity (Wildman–Crippen MR) is 138 cm³/mol. The summed E-state index contributed by atoms with van der Waals surface area (Å²) in [6.07, 6.45) is 1.88. The average Bonchev–Trinajstić information content (AvgIpc) is 3.25. The minimum absolute atomic E-state index is 0.0751. The monoisotopic (exact) mass is 476 g/mol. The average molecular weight is 477 g/mol. The van der Waals surface area contributed by atoms with Gasteiger partial charge in [-0.15, -0.1) is 0 Å². The van der Waals surface area contributed by atoms with Gasteiger partial charge in [0.15, 0.2) is 0 Å². The lowest BCUT2D eigenvalue weighted by Gasteiger charge is -2.14. The Hall–Kier alpha value is -3.09. The normalized spacial score (nSPS) is 11.9. The number of aromatic nitrogens is 1. The van der Waals surface area contributed by atoms with Gasteiger partial charge in [-0.05, 0) is 73.8 Å². The van der Waals surface area contributed by atoms with E-state index in [0.717, 1.165) is 37.0 Å². The quantitative estimate of drug-likeness (QED) is 0.286. The smallest absolute Gasteiger partial charge is 0.268 e. The van der Waals surface area contributed by atoms with E-state index in [2.05, 4.69) is 29.6 Å². The predicted octanol–water partition coefficient (Wildman–Crippen LogP) is 5.60. The molecule has 0 saturated heterocycles. The van der Waals surface area contributed by atoms with E-state index in [1.165, 1.54) is 9.54 Å². The molecule has 5 nitrogen and oxygen atoms in total. The van der Waals surface area contributed by atoms with Crippen LogP contribution in [-0.2, 0) is 16.4 Å². The van der Waals surface area contributed by atoms with Crippen LogP contribution < -0.4 is 10.1 Å². The van der Waals surface area contributed by atoms with Gasteiger partial charge < -0.3 is 10.1 Å². The molecule has 0 radical (unpaired) electrons. The molecule has 1 aromatic heterocycles. The summed E-state index contributed by atoms with van der Waals surface area (Å²) >= 11 is 0. The molecule has 0 unspecified atom stereocenters. The van der Waals surface area contributed by atoms with Crippen LogP contribution in [0.1, 0.15) is 37.4 Å². The van der Waals surface area contributed by atoms with Crippen LogP contribution in [0.4, 0.5) is 0 Å². The summed E-state index contributed by atoms with van der Waals surface area (Å²) in [7, 11) is -3.72. The Morgan fingerprint density at radius 2 is 1.59 bits per heavy atom. The Morgan fingerprint density at radius 3 is 2.32 bits per heavy atom. The van der Waals surface area contributed by atoms with Gasteiger partial charge in [-0.1, -0.05) is 62.4 Å². The lowest BCUT2D eigenvalue weighted by atomic mass is 10.1. The minimum Gasteiger partial charge on any atom is -0.494 e. The third kappa shape index (κ3) is 5.51. The fraction of sp³-hybridized carbons (Fsp3) is 0.286. The molecule has 0 saturated carbocycles. The molecule has 0 aliphatic rings. The van der Waals surface area contributed by atoms with E-state index in [1.807, 2.05) is 50.2 Å². The molecule has 6 heteroatoms. The van der Waals surface area contributed by atoms with Crippen molar-refractivity contribution in [2.75, 3.05) is 19.7 Å². The van der Waals surface area contributed by atoms with Crippen LogP contribution in [-0.4, -0.2) is 32.1 Å². The number of rotatable bonds is 11. The first-order valence-corrected chi connectivity index (χ1v) is 13.2. The van der Waals surface area contributed by atoms with Gasteiger partial charge in [0.2, 0.25) is 0 Å². The highest BCUT2D eigenvalue weighted by Crippen LogP contribution is 2.30. The molecule has 0 aliphatic carbocycles. The maximum atomic E-state index is 13.5. The van der Waals surface area contributed by atoms with Crippen molar-refractivity contribution in [1.82, 2.24) is 9.29 Å². The summed E-state index contributed by atoms with van der Waals surface area (Å²) in [5.74, 6) is 0.746. The first-order valence-electron chi connectivity index (χ1n) is 11.8. The van der Waals surface area contributed by atoms with Crippen LogP contribution in [0.25, 0.3) is 10.9 Å². The Kier molecular flexibility index (Phi) is 7.70. The molecule has 0 fully saturated rings. The van der Waals surface area contributed by atoms with E-state index in [4.69, 9.17) is 4.74 Å². The fourth-order valence-electron chi connectivity index (χ4n) is 4.02. The summed E-state index contributed by atoms with van der Waals surface area (Å²) in [5.41, 5.74) is 2.81. The highest BCUT2D eigenvalue weighted by molar-refractivity contribution is 7.90. The summed E-state index contributed by atoms with van der Waals surface area (Å²) < 4.78 is 34.3. The molecule has 0 bridgehead atoms. The van der Waals surface area contributed by atoms with Gasteiger partial charge in [-0.2, -0.15) is 0 Å². The molecule has 1 heterocycles. The maximum absolute atomic E-state index is 13.5. The van der Waals surface area contributed by atoms with E-state index in [-0.39, 0.29) is 10.8 Å². The molecular formula is C28H32N2O3S. The number of fused-ring (bicyclic) bond motifs is 1. The van der Waals surface area contributed by atoms with Crippen molar-refractivity contribution >= 4 is 20.9 Å². The number of hydrogen-bond donors (Lipinski definition) is 1. The van der Waals surface area contributed by atoms with E-state index in [0.29, 0.717) is 17.9 Å². The van der Waals surface area contributed by atoms with E-state index < -0.39 is 10.0 Å². The minimum atomic E-state index is -3.72. The van der Waals surface area contributed by atoms with Crippen molar-refractivity contribution in [3.63, 3.8) is 0 Å². The molecular weight excluding hydrogens is 444 g/mol. The third-order valence-corrected chi connectivity index (χ3v) is 7.60. The van der Waals surface area contributed by atoms with Crippen LogP contribution in [0, 0.1) is 0 Å². The second kappa shape index (κ2) is 10.9. The van der Waals surface area contributed by atoms with Crippen LogP contribution >= 0.6 is 0 Å². The summed E-state index contributed by atoms with van der Waals surface area (Å²) in [6.45, 7) is 6.40. The standard InChI is InChI=1S/C28H32N2O3S/c1-22(2)28-21-24-11-6-7-12-27(24)30(28)34(31,32)26-15-13-25(14-16-26)33-20-8-18-29-19-17-23-9-4-3-5-10-23/h3-7,9-16,21-22,29H,8,17-20H2,1-2H3. The number of para-hydroxylation sites is 1. The molecule has 0 aliphatic heterocycles. The maximum Gasteiger partial charge on any atom is 0.268 e. The Morgan fingerprint density at radius 1 is 0.882 bits per heavy atom. The van der Waals surface area contributed by atoms with Gasteiger partial charge in [-0.25, -0.2) is 12.4 Å². The molecule has 0 spiro atoms. The van der Waals surface area contributed by atoms with Crippen molar-refractivity contribution < 1.29 is 13.2 Å². The molecule has 4 aromatic rings. The highest BCUT2D eigenvalue weighted by Gasteiger charge is 2.24. The van der Waals surface area contributed by atoms with Crippen molar-refractivity contribution in [2.24, 2.45) is 0 Å². The topological polar surface area (TPSA) is 60.3 Å². The molecule has 1 N–H and O–H groups in total. The first-order chi connectivity index (χ1) is 16.5. The fourth-order valence-corrected chi connectivity index (χ4v) is 5.68. The largest absolute Gasteiger partial charge is 0.494 e. The summed E-state index contributed by atoms with van der Waals surface area (Å²) in [4.78, 5) is 0.255. The zero-order valence-corrected chi connectivity index (χ0v) is 20.6. The number of ether oxygens (including phenoxy) is 1. The van der Waals surface area contributed by atoms with Crippen LogP contribution in [0.5, 0.6) is 5.75 Å². The van der Waals surface area contributed by atoms with Gasteiger partial charge in [0.25, 0.3) is 10.0 Å². The number of nitrogens with one attached hydrogen (secondary N) is 1. The van der Waals surface area contributed by atoms with Crippen molar-refractivity contribution in [2.45, 2.75) is 37.5 Å². The second-order valence-corrected chi connectivity index (χ2v) is 10.5. The number of benzene rings is 3. The number of nitrogens with zero attached hydrogens (tertiary/aromatic N) is 1. The van der Waals surface area contributed by atoms with Crippen molar-refractivity contribution in [3.05, 3.63) is 96.2 Å². The lowest BCUT2D eigenvalue weighted by molar-refractivity contribution is 0.308. The van der Waals surface area contributed by atoms with Crippen LogP contribution in [0.2, 0.25) is 0 Å². The Bertz CT molecular complexity index is 1310. The molecule has 4 rings (SSSR count). The van der Waals surface area contributed by atoms with Gasteiger partial charge >= 0.3 is 0 Å². The SMILES string of the molecule is CC(C)c1cc2ccccc2n1S(=O)(=O)c1ccc(OCCCNCCc2ccccc2)cc1. The van der Waals surface area contributed by atoms with Gasteiger partial charge in [-0.3, -0.25) is 0 Å². The zero-order valence-electron chi connectivity index (χ0n) is 19.8. The molecule has 178 valence electrons. The first kappa shape index (κ1) is 24.0. The van der Waals surface area contributed by atoms with E-state index in [1.54, 1.807) is 24.3 Å². The lowest BCUT2D eigenvalue weighted by Crippen LogP contribution is -2.20.